The standard InChI is InChI=1S/C25H25O2.3C4H9.Sn/c1-2-3-19-24(26)20-27-25(21-13-7-4-8-14-21,22-15-9-5-10-16-22)23-17-11-6-12-18-23;3*1-3-4-2;/h2-18,24,26H,1,19-20H2;3*1,3-4H2,2H3;/b3-2-;;;;/t24-;;;;/m0..../s1. The maximum atomic E-state index is 11.1. The van der Waals surface area contributed by atoms with E-state index in [4.69, 9.17) is 4.74 Å². The van der Waals surface area contributed by atoms with Crippen LogP contribution in [0.5, 0.6) is 0 Å². The first-order chi connectivity index (χ1) is 19.6. The molecule has 2 nitrogen and oxygen atoms in total. The van der Waals surface area contributed by atoms with E-state index in [2.05, 4.69) is 106 Å². The zero-order valence-corrected chi connectivity index (χ0v) is 28.1. The predicted octanol–water partition coefficient (Wildman–Crippen LogP) is 10.2. The SMILES string of the molecule is CCC[CH2][Sn]([CH2]/C=C\C[C@H](O)COC(c1ccccc1)(c1ccccc1)c1ccccc1)([CH2]CCC)[CH2]CCC. The Kier molecular flexibility index (Phi) is 14.5. The molecule has 1 N–H and O–H groups in total. The molecule has 0 heterocycles. The number of unbranched alkanes of at least 4 members (excludes halogenated alkanes) is 3. The van der Waals surface area contributed by atoms with Gasteiger partial charge in [0.05, 0.1) is 0 Å². The summed E-state index contributed by atoms with van der Waals surface area (Å²) in [5.74, 6) is 0. The molecule has 0 amide bonds. The summed E-state index contributed by atoms with van der Waals surface area (Å²) in [5, 5.41) is 11.1. The van der Waals surface area contributed by atoms with Crippen LogP contribution in [0.25, 0.3) is 0 Å². The number of benzene rings is 3. The predicted molar refractivity (Wildman–Crippen MR) is 175 cm³/mol. The van der Waals surface area contributed by atoms with Gasteiger partial charge in [0.1, 0.15) is 0 Å². The Morgan fingerprint density at radius 2 is 1.05 bits per heavy atom. The third-order valence-electron chi connectivity index (χ3n) is 8.34. The second kappa shape index (κ2) is 17.8. The molecule has 0 unspecified atom stereocenters. The van der Waals surface area contributed by atoms with Gasteiger partial charge >= 0.3 is 250 Å². The molecule has 0 aliphatic rings. The van der Waals surface area contributed by atoms with Crippen molar-refractivity contribution in [3.63, 3.8) is 0 Å². The molecule has 3 rings (SSSR count). The van der Waals surface area contributed by atoms with Gasteiger partial charge in [-0.3, -0.25) is 0 Å². The molecule has 0 spiro atoms. The van der Waals surface area contributed by atoms with Crippen LogP contribution in [-0.4, -0.2) is 36.2 Å². The van der Waals surface area contributed by atoms with Crippen molar-refractivity contribution in [3.8, 4) is 0 Å². The number of ether oxygens (including phenoxy) is 1. The minimum absolute atomic E-state index is 0.263. The zero-order valence-electron chi connectivity index (χ0n) is 25.2. The molecule has 3 heteroatoms. The minimum atomic E-state index is -2.19. The van der Waals surface area contributed by atoms with Crippen molar-refractivity contribution in [2.75, 3.05) is 6.61 Å². The number of rotatable bonds is 19. The second-order valence-corrected chi connectivity index (χ2v) is 25.5. The van der Waals surface area contributed by atoms with Crippen LogP contribution in [0.2, 0.25) is 17.7 Å². The molecular weight excluding hydrogens is 595 g/mol. The molecule has 3 aromatic rings. The third kappa shape index (κ3) is 9.32. The van der Waals surface area contributed by atoms with E-state index >= 15 is 0 Å². The van der Waals surface area contributed by atoms with E-state index < -0.39 is 30.1 Å². The van der Waals surface area contributed by atoms with Crippen LogP contribution in [0.3, 0.4) is 0 Å². The zero-order chi connectivity index (χ0) is 28.5. The van der Waals surface area contributed by atoms with Crippen LogP contribution in [-0.2, 0) is 10.3 Å². The Morgan fingerprint density at radius 3 is 1.43 bits per heavy atom. The third-order valence-corrected chi connectivity index (χ3v) is 23.6. The average Bonchev–Trinajstić information content (AvgIpc) is 3.01. The van der Waals surface area contributed by atoms with Crippen LogP contribution in [0.1, 0.15) is 82.4 Å². The Balaban J connectivity index is 1.77. The number of aliphatic hydroxyl groups is 1. The summed E-state index contributed by atoms with van der Waals surface area (Å²) in [7, 11) is 0. The summed E-state index contributed by atoms with van der Waals surface area (Å²) in [5.41, 5.74) is 2.41. The summed E-state index contributed by atoms with van der Waals surface area (Å²) in [6, 6.07) is 31.2. The van der Waals surface area contributed by atoms with Crippen molar-refractivity contribution in [1.82, 2.24) is 0 Å². The van der Waals surface area contributed by atoms with E-state index in [1.54, 1.807) is 0 Å². The van der Waals surface area contributed by atoms with Gasteiger partial charge in [-0.05, 0) is 0 Å². The Bertz CT molecular complexity index is 962. The van der Waals surface area contributed by atoms with Crippen molar-refractivity contribution in [3.05, 3.63) is 120 Å². The van der Waals surface area contributed by atoms with Gasteiger partial charge in [0.2, 0.25) is 0 Å². The molecule has 1 atom stereocenters. The Morgan fingerprint density at radius 1 is 0.650 bits per heavy atom. The fourth-order valence-electron chi connectivity index (χ4n) is 5.98. The molecule has 0 aromatic heterocycles. The van der Waals surface area contributed by atoms with E-state index in [0.29, 0.717) is 6.42 Å². The summed E-state index contributed by atoms with van der Waals surface area (Å²) in [6.45, 7) is 7.27. The summed E-state index contributed by atoms with van der Waals surface area (Å²) >= 11 is -2.19. The second-order valence-electron chi connectivity index (χ2n) is 11.5. The van der Waals surface area contributed by atoms with Gasteiger partial charge in [0, 0.05) is 0 Å². The van der Waals surface area contributed by atoms with E-state index in [1.165, 1.54) is 56.3 Å². The van der Waals surface area contributed by atoms with Gasteiger partial charge in [-0.2, -0.15) is 0 Å². The van der Waals surface area contributed by atoms with E-state index in [-0.39, 0.29) is 6.61 Å². The molecule has 0 saturated heterocycles. The van der Waals surface area contributed by atoms with Crippen LogP contribution < -0.4 is 0 Å². The van der Waals surface area contributed by atoms with Crippen LogP contribution >= 0.6 is 0 Å². The van der Waals surface area contributed by atoms with Crippen LogP contribution in [0.4, 0.5) is 0 Å². The van der Waals surface area contributed by atoms with Crippen molar-refractivity contribution >= 4 is 18.4 Å². The van der Waals surface area contributed by atoms with Gasteiger partial charge in [0.15, 0.2) is 0 Å². The van der Waals surface area contributed by atoms with Crippen molar-refractivity contribution in [2.45, 2.75) is 95.2 Å². The van der Waals surface area contributed by atoms with Crippen molar-refractivity contribution in [1.29, 1.82) is 0 Å². The van der Waals surface area contributed by atoms with Gasteiger partial charge in [-0.25, -0.2) is 0 Å². The Hall–Kier alpha value is -1.88. The van der Waals surface area contributed by atoms with E-state index in [9.17, 15) is 5.11 Å². The van der Waals surface area contributed by atoms with Gasteiger partial charge < -0.3 is 0 Å². The molecule has 0 bridgehead atoms. The van der Waals surface area contributed by atoms with Gasteiger partial charge in [-0.15, -0.1) is 0 Å². The molecular formula is C37H52O2Sn. The van der Waals surface area contributed by atoms with Gasteiger partial charge in [0.25, 0.3) is 0 Å². The van der Waals surface area contributed by atoms with Crippen molar-refractivity contribution < 1.29 is 9.84 Å². The normalized spacial score (nSPS) is 13.1. The monoisotopic (exact) mass is 648 g/mol. The average molecular weight is 648 g/mol. The number of aliphatic hydroxyl groups excluding tert-OH is 1. The number of hydrogen-bond acceptors (Lipinski definition) is 2. The number of hydrogen-bond donors (Lipinski definition) is 1. The summed E-state index contributed by atoms with van der Waals surface area (Å²) in [4.78, 5) is 0. The summed E-state index contributed by atoms with van der Waals surface area (Å²) < 4.78 is 12.7. The quantitative estimate of drug-likeness (QED) is 0.0798. The fraction of sp³-hybridized carbons (Fsp3) is 0.459. The molecule has 0 aliphatic carbocycles. The molecule has 40 heavy (non-hydrogen) atoms. The molecule has 3 aromatic carbocycles. The molecule has 0 aliphatic heterocycles. The first-order valence-corrected chi connectivity index (χ1v) is 23.8. The molecule has 216 valence electrons. The van der Waals surface area contributed by atoms with Crippen LogP contribution in [0, 0.1) is 0 Å². The fourth-order valence-corrected chi connectivity index (χ4v) is 21.2. The first kappa shape index (κ1) is 32.6. The molecule has 0 radical (unpaired) electrons. The maximum absolute atomic E-state index is 11.1. The first-order valence-electron chi connectivity index (χ1n) is 15.7. The van der Waals surface area contributed by atoms with Crippen molar-refractivity contribution in [2.24, 2.45) is 0 Å². The molecule has 0 saturated carbocycles. The topological polar surface area (TPSA) is 29.5 Å². The number of allylic oxidation sites excluding steroid dienone is 1. The van der Waals surface area contributed by atoms with E-state index in [1.807, 2.05) is 18.2 Å². The van der Waals surface area contributed by atoms with Crippen LogP contribution in [0.15, 0.2) is 103 Å². The van der Waals surface area contributed by atoms with Gasteiger partial charge in [-0.1, -0.05) is 0 Å². The van der Waals surface area contributed by atoms with E-state index in [0.717, 1.165) is 16.7 Å². The summed E-state index contributed by atoms with van der Waals surface area (Å²) in [6.07, 6.45) is 12.9. The molecule has 0 fully saturated rings. The Labute approximate surface area is 248 Å².